The molecule has 1 aliphatic rings. The van der Waals surface area contributed by atoms with Gasteiger partial charge in [0, 0.05) is 37.8 Å². The van der Waals surface area contributed by atoms with Gasteiger partial charge in [0.2, 0.25) is 0 Å². The maximum absolute atomic E-state index is 12.4. The third-order valence-electron chi connectivity index (χ3n) is 4.77. The predicted molar refractivity (Wildman–Crippen MR) is 98.0 cm³/mol. The molecule has 0 aromatic carbocycles. The summed E-state index contributed by atoms with van der Waals surface area (Å²) >= 11 is 0. The van der Waals surface area contributed by atoms with E-state index in [1.165, 1.54) is 0 Å². The summed E-state index contributed by atoms with van der Waals surface area (Å²) < 4.78 is 1.73. The molecule has 1 aliphatic heterocycles. The molecule has 8 heteroatoms. The lowest BCUT2D eigenvalue weighted by atomic mass is 10.0. The van der Waals surface area contributed by atoms with Gasteiger partial charge in [-0.25, -0.2) is 15.0 Å². The Kier molecular flexibility index (Phi) is 4.24. The average Bonchev–Trinajstić information content (AvgIpc) is 3.08. The Hall–Kier alpha value is -3.03. The van der Waals surface area contributed by atoms with Gasteiger partial charge in [-0.2, -0.15) is 0 Å². The van der Waals surface area contributed by atoms with E-state index in [-0.39, 0.29) is 11.9 Å². The standard InChI is InChI=1S/C18H21N7O/c1-12-21-15-9-19-6-3-14(15)17(22-12)25-7-4-13(5-8-25)23-18(26)16-10-20-11-24(16)2/h3,6,9-11,13H,4-5,7-8H2,1-2H3,(H,23,26). The number of carbonyl (C=O) groups is 1. The zero-order valence-electron chi connectivity index (χ0n) is 14.9. The van der Waals surface area contributed by atoms with Crippen molar-refractivity contribution in [1.29, 1.82) is 0 Å². The molecular weight excluding hydrogens is 330 g/mol. The Morgan fingerprint density at radius 2 is 2.00 bits per heavy atom. The number of pyridine rings is 1. The summed E-state index contributed by atoms with van der Waals surface area (Å²) in [5.74, 6) is 1.62. The van der Waals surface area contributed by atoms with Gasteiger partial charge in [0.15, 0.2) is 0 Å². The Labute approximate surface area is 151 Å². The van der Waals surface area contributed by atoms with Crippen LogP contribution in [0.15, 0.2) is 31.0 Å². The van der Waals surface area contributed by atoms with Gasteiger partial charge in [-0.3, -0.25) is 9.78 Å². The minimum absolute atomic E-state index is 0.0714. The average molecular weight is 351 g/mol. The number of hydrogen-bond acceptors (Lipinski definition) is 6. The highest BCUT2D eigenvalue weighted by Gasteiger charge is 2.24. The van der Waals surface area contributed by atoms with Crippen LogP contribution in [0.2, 0.25) is 0 Å². The highest BCUT2D eigenvalue weighted by Crippen LogP contribution is 2.26. The van der Waals surface area contributed by atoms with Crippen LogP contribution in [0.5, 0.6) is 0 Å². The Morgan fingerprint density at radius 1 is 1.19 bits per heavy atom. The van der Waals surface area contributed by atoms with Crippen LogP contribution >= 0.6 is 0 Å². The monoisotopic (exact) mass is 351 g/mol. The number of aromatic nitrogens is 5. The van der Waals surface area contributed by atoms with Crippen LogP contribution in [-0.2, 0) is 7.05 Å². The third kappa shape index (κ3) is 3.10. The number of imidazole rings is 1. The number of carbonyl (C=O) groups excluding carboxylic acids is 1. The van der Waals surface area contributed by atoms with E-state index in [1.54, 1.807) is 29.5 Å². The van der Waals surface area contributed by atoms with Crippen molar-refractivity contribution in [2.75, 3.05) is 18.0 Å². The second-order valence-electron chi connectivity index (χ2n) is 6.61. The molecule has 0 saturated carbocycles. The highest BCUT2D eigenvalue weighted by molar-refractivity contribution is 5.92. The first-order valence-electron chi connectivity index (χ1n) is 8.72. The number of piperidine rings is 1. The van der Waals surface area contributed by atoms with Crippen molar-refractivity contribution in [3.05, 3.63) is 42.5 Å². The summed E-state index contributed by atoms with van der Waals surface area (Å²) in [4.78, 5) is 31.9. The van der Waals surface area contributed by atoms with E-state index in [0.29, 0.717) is 5.69 Å². The summed E-state index contributed by atoms with van der Waals surface area (Å²) in [5, 5.41) is 4.13. The molecule has 1 N–H and O–H groups in total. The number of anilines is 1. The summed E-state index contributed by atoms with van der Waals surface area (Å²) in [5.41, 5.74) is 1.44. The molecular formula is C18H21N7O. The fourth-order valence-corrected chi connectivity index (χ4v) is 3.39. The zero-order valence-corrected chi connectivity index (χ0v) is 14.9. The van der Waals surface area contributed by atoms with Crippen LogP contribution in [0, 0.1) is 6.92 Å². The largest absolute Gasteiger partial charge is 0.356 e. The molecule has 3 aromatic heterocycles. The van der Waals surface area contributed by atoms with Gasteiger partial charge >= 0.3 is 0 Å². The van der Waals surface area contributed by atoms with Crippen molar-refractivity contribution in [1.82, 2.24) is 29.8 Å². The Balaban J connectivity index is 1.46. The lowest BCUT2D eigenvalue weighted by molar-refractivity contribution is 0.0923. The second-order valence-corrected chi connectivity index (χ2v) is 6.61. The molecule has 4 rings (SSSR count). The molecule has 0 spiro atoms. The zero-order chi connectivity index (χ0) is 18.1. The van der Waals surface area contributed by atoms with Crippen LogP contribution in [0.25, 0.3) is 10.9 Å². The van der Waals surface area contributed by atoms with Gasteiger partial charge < -0.3 is 14.8 Å². The van der Waals surface area contributed by atoms with E-state index in [0.717, 1.165) is 48.5 Å². The maximum atomic E-state index is 12.4. The SMILES string of the molecule is Cc1nc(N2CCC(NC(=O)c3cncn3C)CC2)c2ccncc2n1. The first kappa shape index (κ1) is 16.4. The number of nitrogens with one attached hydrogen (secondary N) is 1. The summed E-state index contributed by atoms with van der Waals surface area (Å²) in [6.45, 7) is 3.57. The van der Waals surface area contributed by atoms with Gasteiger partial charge in [0.25, 0.3) is 5.91 Å². The van der Waals surface area contributed by atoms with E-state index in [1.807, 2.05) is 20.0 Å². The van der Waals surface area contributed by atoms with Crippen LogP contribution < -0.4 is 10.2 Å². The number of rotatable bonds is 3. The third-order valence-corrected chi connectivity index (χ3v) is 4.77. The van der Waals surface area contributed by atoms with Crippen molar-refractivity contribution in [2.45, 2.75) is 25.8 Å². The van der Waals surface area contributed by atoms with Crippen LogP contribution in [0.3, 0.4) is 0 Å². The Bertz CT molecular complexity index is 944. The summed E-state index contributed by atoms with van der Waals surface area (Å²) in [6, 6.07) is 2.12. The maximum Gasteiger partial charge on any atom is 0.269 e. The molecule has 26 heavy (non-hydrogen) atoms. The smallest absolute Gasteiger partial charge is 0.269 e. The van der Waals surface area contributed by atoms with E-state index in [2.05, 4.69) is 30.2 Å². The fraction of sp³-hybridized carbons (Fsp3) is 0.389. The second kappa shape index (κ2) is 6.70. The van der Waals surface area contributed by atoms with Gasteiger partial charge in [0.05, 0.1) is 24.2 Å². The molecule has 0 atom stereocenters. The molecule has 8 nitrogen and oxygen atoms in total. The summed E-state index contributed by atoms with van der Waals surface area (Å²) in [6.07, 6.45) is 8.52. The lowest BCUT2D eigenvalue weighted by Crippen LogP contribution is -2.45. The van der Waals surface area contributed by atoms with Crippen LogP contribution in [0.1, 0.15) is 29.2 Å². The van der Waals surface area contributed by atoms with Gasteiger partial charge in [0.1, 0.15) is 17.3 Å². The quantitative estimate of drug-likeness (QED) is 0.769. The van der Waals surface area contributed by atoms with Gasteiger partial charge in [-0.1, -0.05) is 0 Å². The minimum atomic E-state index is -0.0714. The summed E-state index contributed by atoms with van der Waals surface area (Å²) in [7, 11) is 1.82. The molecule has 1 saturated heterocycles. The molecule has 134 valence electrons. The van der Waals surface area contributed by atoms with E-state index < -0.39 is 0 Å². The number of nitrogens with zero attached hydrogens (tertiary/aromatic N) is 6. The fourth-order valence-electron chi connectivity index (χ4n) is 3.39. The number of amides is 1. The molecule has 1 amide bonds. The van der Waals surface area contributed by atoms with Crippen LogP contribution in [-0.4, -0.2) is 49.5 Å². The molecule has 0 bridgehead atoms. The van der Waals surface area contributed by atoms with Gasteiger partial charge in [-0.15, -0.1) is 0 Å². The van der Waals surface area contributed by atoms with Crippen molar-refractivity contribution >= 4 is 22.6 Å². The number of fused-ring (bicyclic) bond motifs is 1. The van der Waals surface area contributed by atoms with Crippen molar-refractivity contribution in [3.63, 3.8) is 0 Å². The van der Waals surface area contributed by atoms with Crippen LogP contribution in [0.4, 0.5) is 5.82 Å². The topological polar surface area (TPSA) is 88.8 Å². The van der Waals surface area contributed by atoms with Crippen molar-refractivity contribution in [3.8, 4) is 0 Å². The molecule has 3 aromatic rings. The van der Waals surface area contributed by atoms with Gasteiger partial charge in [-0.05, 0) is 25.8 Å². The highest BCUT2D eigenvalue weighted by atomic mass is 16.2. The first-order chi connectivity index (χ1) is 12.6. The molecule has 0 unspecified atom stereocenters. The predicted octanol–water partition coefficient (Wildman–Crippen LogP) is 1.47. The van der Waals surface area contributed by atoms with E-state index in [9.17, 15) is 4.79 Å². The van der Waals surface area contributed by atoms with E-state index >= 15 is 0 Å². The van der Waals surface area contributed by atoms with E-state index in [4.69, 9.17) is 0 Å². The molecule has 1 fully saturated rings. The van der Waals surface area contributed by atoms with Crippen molar-refractivity contribution in [2.24, 2.45) is 7.05 Å². The molecule has 4 heterocycles. The first-order valence-corrected chi connectivity index (χ1v) is 8.72. The lowest BCUT2D eigenvalue weighted by Gasteiger charge is -2.33. The molecule has 0 radical (unpaired) electrons. The van der Waals surface area contributed by atoms with Crippen molar-refractivity contribution < 1.29 is 4.79 Å². The Morgan fingerprint density at radius 3 is 2.73 bits per heavy atom. The number of hydrogen-bond donors (Lipinski definition) is 1. The normalized spacial score (nSPS) is 15.4. The molecule has 0 aliphatic carbocycles. The number of aryl methyl sites for hydroxylation is 2. The minimum Gasteiger partial charge on any atom is -0.356 e.